The Bertz CT molecular complexity index is 581. The Balaban J connectivity index is 2.23. The summed E-state index contributed by atoms with van der Waals surface area (Å²) in [5, 5.41) is 3.22. The van der Waals surface area contributed by atoms with Gasteiger partial charge in [-0.1, -0.05) is 24.4 Å². The minimum atomic E-state index is -0.655. The maximum absolute atomic E-state index is 12.6. The van der Waals surface area contributed by atoms with E-state index in [0.717, 1.165) is 25.7 Å². The minimum Gasteiger partial charge on any atom is -0.462 e. The lowest BCUT2D eigenvalue weighted by Crippen LogP contribution is -2.25. The molecule has 118 valence electrons. The van der Waals surface area contributed by atoms with Gasteiger partial charge in [0.25, 0.3) is 0 Å². The highest BCUT2D eigenvalue weighted by Gasteiger charge is 2.24. The number of esters is 1. The van der Waals surface area contributed by atoms with Crippen molar-refractivity contribution in [2.75, 3.05) is 6.61 Å². The lowest BCUT2D eigenvalue weighted by atomic mass is 10.1. The normalized spacial score (nSPS) is 15.6. The van der Waals surface area contributed by atoms with Crippen LogP contribution in [0.4, 0.5) is 0 Å². The topological polar surface area (TPSA) is 68.3 Å². The quantitative estimate of drug-likeness (QED) is 0.218. The van der Waals surface area contributed by atoms with E-state index in [1.807, 2.05) is 0 Å². The molecule has 0 radical (unpaired) electrons. The second kappa shape index (κ2) is 7.94. The van der Waals surface area contributed by atoms with Crippen LogP contribution in [-0.2, 0) is 9.53 Å². The van der Waals surface area contributed by atoms with Gasteiger partial charge in [0, 0.05) is 18.4 Å². The number of carbonyl (C=O) groups is 2. The van der Waals surface area contributed by atoms with E-state index < -0.39 is 11.8 Å². The van der Waals surface area contributed by atoms with Crippen molar-refractivity contribution in [3.8, 4) is 0 Å². The molecule has 0 bridgehead atoms. The van der Waals surface area contributed by atoms with Gasteiger partial charge in [0.15, 0.2) is 0 Å². The molecule has 0 saturated heterocycles. The average molecular weight is 323 g/mol. The predicted molar refractivity (Wildman–Crippen MR) is 83.7 cm³/mol. The van der Waals surface area contributed by atoms with Gasteiger partial charge in [-0.3, -0.25) is 4.79 Å². The van der Waals surface area contributed by atoms with Crippen LogP contribution in [0.25, 0.3) is 0 Å². The molecule has 1 N–H and O–H groups in total. The molecule has 0 atom stereocenters. The van der Waals surface area contributed by atoms with Crippen molar-refractivity contribution in [2.24, 2.45) is 0 Å². The molecule has 2 rings (SSSR count). The number of rotatable bonds is 6. The van der Waals surface area contributed by atoms with E-state index in [0.29, 0.717) is 6.04 Å². The summed E-state index contributed by atoms with van der Waals surface area (Å²) in [4.78, 5) is 28.5. The van der Waals surface area contributed by atoms with E-state index in [2.05, 4.69) is 10.3 Å². The summed E-state index contributed by atoms with van der Waals surface area (Å²) in [7, 11) is 0. The zero-order chi connectivity index (χ0) is 15.9. The number of nitrogens with zero attached hydrogens (tertiary/aromatic N) is 1. The Hall–Kier alpha value is -1.88. The van der Waals surface area contributed by atoms with E-state index in [4.69, 9.17) is 16.3 Å². The Labute approximate surface area is 134 Å². The Morgan fingerprint density at radius 2 is 2.18 bits per heavy atom. The van der Waals surface area contributed by atoms with Crippen LogP contribution in [0.5, 0.6) is 0 Å². The van der Waals surface area contributed by atoms with Crippen LogP contribution in [0.3, 0.4) is 0 Å². The van der Waals surface area contributed by atoms with Gasteiger partial charge in [0.2, 0.25) is 5.78 Å². The van der Waals surface area contributed by atoms with Crippen LogP contribution in [-0.4, -0.2) is 29.4 Å². The number of pyridine rings is 1. The third-order valence-electron chi connectivity index (χ3n) is 3.56. The number of Topliss-reactive ketones (excluding diaryl/α,β-unsaturated/α-hetero) is 1. The van der Waals surface area contributed by atoms with Crippen molar-refractivity contribution in [1.82, 2.24) is 10.3 Å². The summed E-state index contributed by atoms with van der Waals surface area (Å²) in [5.41, 5.74) is 0.139. The summed E-state index contributed by atoms with van der Waals surface area (Å²) < 4.78 is 4.97. The van der Waals surface area contributed by atoms with Crippen LogP contribution in [0, 0.1) is 0 Å². The number of halogens is 1. The molecule has 1 heterocycles. The summed E-state index contributed by atoms with van der Waals surface area (Å²) >= 11 is 5.94. The van der Waals surface area contributed by atoms with Gasteiger partial charge in [0.05, 0.1) is 12.2 Å². The number of aromatic nitrogens is 1. The van der Waals surface area contributed by atoms with Crippen molar-refractivity contribution >= 4 is 23.4 Å². The van der Waals surface area contributed by atoms with Gasteiger partial charge in [-0.25, -0.2) is 9.78 Å². The number of hydrogen-bond donors (Lipinski definition) is 1. The van der Waals surface area contributed by atoms with Crippen LogP contribution in [0.15, 0.2) is 30.1 Å². The molecule has 1 aliphatic carbocycles. The largest absolute Gasteiger partial charge is 0.462 e. The van der Waals surface area contributed by atoms with Gasteiger partial charge in [-0.15, -0.1) is 0 Å². The first-order valence-electron chi connectivity index (χ1n) is 7.42. The van der Waals surface area contributed by atoms with Crippen LogP contribution in [0.1, 0.15) is 43.0 Å². The number of hydrogen-bond acceptors (Lipinski definition) is 5. The molecule has 22 heavy (non-hydrogen) atoms. The summed E-state index contributed by atoms with van der Waals surface area (Å²) in [6, 6.07) is 3.44. The van der Waals surface area contributed by atoms with Crippen LogP contribution < -0.4 is 5.32 Å². The third-order valence-corrected chi connectivity index (χ3v) is 3.86. The Morgan fingerprint density at radius 3 is 2.82 bits per heavy atom. The number of nitrogens with one attached hydrogen (secondary N) is 1. The predicted octanol–water partition coefficient (Wildman–Crippen LogP) is 2.90. The van der Waals surface area contributed by atoms with Gasteiger partial charge >= 0.3 is 5.97 Å². The zero-order valence-electron chi connectivity index (χ0n) is 12.5. The molecule has 1 aromatic heterocycles. The molecule has 0 spiro atoms. The second-order valence-electron chi connectivity index (χ2n) is 5.10. The van der Waals surface area contributed by atoms with Gasteiger partial charge in [0.1, 0.15) is 10.7 Å². The monoisotopic (exact) mass is 322 g/mol. The molecule has 0 amide bonds. The van der Waals surface area contributed by atoms with Gasteiger partial charge in [-0.05, 0) is 31.9 Å². The van der Waals surface area contributed by atoms with E-state index in [1.165, 1.54) is 12.4 Å². The van der Waals surface area contributed by atoms with E-state index in [1.54, 1.807) is 19.1 Å². The fraction of sp³-hybridized carbons (Fsp3) is 0.438. The van der Waals surface area contributed by atoms with Gasteiger partial charge in [-0.2, -0.15) is 0 Å². The maximum atomic E-state index is 12.6. The van der Waals surface area contributed by atoms with Crippen molar-refractivity contribution in [1.29, 1.82) is 0 Å². The minimum absolute atomic E-state index is 0.0522. The summed E-state index contributed by atoms with van der Waals surface area (Å²) in [6.07, 6.45) is 7.33. The molecule has 0 aliphatic heterocycles. The first-order valence-corrected chi connectivity index (χ1v) is 7.79. The first kappa shape index (κ1) is 16.5. The molecular weight excluding hydrogens is 304 g/mol. The molecular formula is C16H19ClN2O3. The highest BCUT2D eigenvalue weighted by atomic mass is 35.5. The van der Waals surface area contributed by atoms with Crippen molar-refractivity contribution < 1.29 is 14.3 Å². The third kappa shape index (κ3) is 4.07. The standard InChI is InChI=1S/C16H19ClN2O3/c1-2-22-16(21)13(10-19-11-6-3-4-7-11)14(20)12-8-5-9-18-15(12)17/h5,8-11,19H,2-4,6-7H2,1H3. The number of ether oxygens (including phenoxy) is 1. The summed E-state index contributed by atoms with van der Waals surface area (Å²) in [6.45, 7) is 1.90. The highest BCUT2D eigenvalue weighted by molar-refractivity contribution is 6.35. The van der Waals surface area contributed by atoms with Crippen LogP contribution >= 0.6 is 11.6 Å². The maximum Gasteiger partial charge on any atom is 0.343 e. The smallest absolute Gasteiger partial charge is 0.343 e. The fourth-order valence-electron chi connectivity index (χ4n) is 2.42. The fourth-order valence-corrected chi connectivity index (χ4v) is 2.63. The lowest BCUT2D eigenvalue weighted by molar-refractivity contribution is -0.138. The van der Waals surface area contributed by atoms with Crippen LogP contribution in [0.2, 0.25) is 5.15 Å². The lowest BCUT2D eigenvalue weighted by Gasteiger charge is -2.12. The van der Waals surface area contributed by atoms with Crippen molar-refractivity contribution in [3.05, 3.63) is 40.8 Å². The zero-order valence-corrected chi connectivity index (χ0v) is 13.2. The number of carbonyl (C=O) groups excluding carboxylic acids is 2. The van der Waals surface area contributed by atoms with E-state index in [-0.39, 0.29) is 22.9 Å². The Morgan fingerprint density at radius 1 is 1.45 bits per heavy atom. The van der Waals surface area contributed by atoms with Crippen molar-refractivity contribution in [2.45, 2.75) is 38.6 Å². The molecule has 0 unspecified atom stereocenters. The van der Waals surface area contributed by atoms with Crippen molar-refractivity contribution in [3.63, 3.8) is 0 Å². The SMILES string of the molecule is CCOC(=O)C(=CNC1CCCC1)C(=O)c1cccnc1Cl. The summed E-state index contributed by atoms with van der Waals surface area (Å²) in [5.74, 6) is -1.14. The Kier molecular flexibility index (Phi) is 5.95. The number of ketones is 1. The molecule has 1 aromatic rings. The van der Waals surface area contributed by atoms with E-state index >= 15 is 0 Å². The molecule has 5 nitrogen and oxygen atoms in total. The molecule has 1 saturated carbocycles. The first-order chi connectivity index (χ1) is 10.6. The molecule has 1 fully saturated rings. The average Bonchev–Trinajstić information content (AvgIpc) is 3.01. The second-order valence-corrected chi connectivity index (χ2v) is 5.46. The molecule has 0 aromatic carbocycles. The highest BCUT2D eigenvalue weighted by Crippen LogP contribution is 2.20. The molecule has 6 heteroatoms. The molecule has 1 aliphatic rings. The van der Waals surface area contributed by atoms with E-state index in [9.17, 15) is 9.59 Å². The van der Waals surface area contributed by atoms with Gasteiger partial charge < -0.3 is 10.1 Å².